The molecule has 3 rings (SSSR count). The summed E-state index contributed by atoms with van der Waals surface area (Å²) in [7, 11) is 0. The minimum atomic E-state index is -0.587. The number of hydrazone groups is 1. The molecule has 2 aromatic rings. The number of thioether (sulfide) groups is 1. The Balaban J connectivity index is 1.43. The molecule has 1 fully saturated rings. The molecule has 0 saturated heterocycles. The van der Waals surface area contributed by atoms with Crippen LogP contribution in [-0.4, -0.2) is 33.9 Å². The van der Waals surface area contributed by atoms with E-state index in [4.69, 9.17) is 4.74 Å². The molecule has 0 spiro atoms. The van der Waals surface area contributed by atoms with Crippen molar-refractivity contribution >= 4 is 34.6 Å². The van der Waals surface area contributed by atoms with Crippen molar-refractivity contribution in [3.8, 4) is 5.75 Å². The first-order chi connectivity index (χ1) is 16.9. The predicted octanol–water partition coefficient (Wildman–Crippen LogP) is 4.81. The number of urea groups is 1. The molecule has 0 atom stereocenters. The van der Waals surface area contributed by atoms with Crippen LogP contribution in [0.5, 0.6) is 5.75 Å². The molecule has 186 valence electrons. The highest BCUT2D eigenvalue weighted by atomic mass is 32.2. The number of ether oxygens (including phenoxy) is 1. The highest BCUT2D eigenvalue weighted by molar-refractivity contribution is 8.13. The topological polar surface area (TPSA) is 135 Å². The maximum Gasteiger partial charge on any atom is 0.412 e. The molecular weight excluding hydrogens is 470 g/mol. The van der Waals surface area contributed by atoms with Crippen molar-refractivity contribution in [1.82, 2.24) is 16.1 Å². The summed E-state index contributed by atoms with van der Waals surface area (Å²) in [6.07, 6.45) is 2.56. The van der Waals surface area contributed by atoms with Crippen molar-refractivity contribution in [2.75, 3.05) is 5.75 Å². The fourth-order valence-electron chi connectivity index (χ4n) is 3.74. The Hall–Kier alpha value is -3.60. The van der Waals surface area contributed by atoms with Crippen LogP contribution in [-0.2, 0) is 6.54 Å². The van der Waals surface area contributed by atoms with Crippen molar-refractivity contribution in [2.45, 2.75) is 45.2 Å². The van der Waals surface area contributed by atoms with Gasteiger partial charge >= 0.3 is 12.1 Å². The van der Waals surface area contributed by atoms with Crippen LogP contribution >= 0.6 is 11.8 Å². The van der Waals surface area contributed by atoms with Crippen LogP contribution in [0.15, 0.2) is 59.7 Å². The lowest BCUT2D eigenvalue weighted by atomic mass is 9.86. The first kappa shape index (κ1) is 26.0. The van der Waals surface area contributed by atoms with Crippen LogP contribution in [0.3, 0.4) is 0 Å². The number of nitro groups is 1. The van der Waals surface area contributed by atoms with Crippen molar-refractivity contribution < 1.29 is 19.2 Å². The van der Waals surface area contributed by atoms with Gasteiger partial charge in [-0.3, -0.25) is 10.1 Å². The summed E-state index contributed by atoms with van der Waals surface area (Å²) in [5.74, 6) is 1.29. The molecule has 0 aromatic heterocycles. The predicted molar refractivity (Wildman–Crippen MR) is 135 cm³/mol. The number of carbonyl (C=O) groups excluding carboxylic acids is 2. The van der Waals surface area contributed by atoms with Gasteiger partial charge in [0.25, 0.3) is 5.69 Å². The molecule has 2 aromatic carbocycles. The fourth-order valence-corrected chi connectivity index (χ4v) is 4.61. The van der Waals surface area contributed by atoms with Gasteiger partial charge in [-0.2, -0.15) is 5.10 Å². The summed E-state index contributed by atoms with van der Waals surface area (Å²) in [4.78, 5) is 34.6. The number of nitrogens with zero attached hydrogens (tertiary/aromatic N) is 2. The molecule has 11 heteroatoms. The summed E-state index contributed by atoms with van der Waals surface area (Å²) in [6, 6.07) is 14.6. The van der Waals surface area contributed by atoms with E-state index < -0.39 is 11.0 Å². The van der Waals surface area contributed by atoms with Gasteiger partial charge in [-0.1, -0.05) is 37.3 Å². The van der Waals surface area contributed by atoms with Crippen LogP contribution in [0.2, 0.25) is 0 Å². The lowest BCUT2D eigenvalue weighted by Gasteiger charge is -2.29. The molecule has 3 amide bonds. The average molecular weight is 500 g/mol. The van der Waals surface area contributed by atoms with E-state index in [1.54, 1.807) is 11.8 Å². The molecule has 0 aliphatic heterocycles. The number of nitro benzene ring substituents is 1. The first-order valence-electron chi connectivity index (χ1n) is 11.5. The van der Waals surface area contributed by atoms with Gasteiger partial charge in [0.15, 0.2) is 0 Å². The van der Waals surface area contributed by atoms with Crippen molar-refractivity contribution in [2.24, 2.45) is 11.0 Å². The molecule has 0 bridgehead atoms. The number of hydrogen-bond donors (Lipinski definition) is 3. The third-order valence-electron chi connectivity index (χ3n) is 5.51. The lowest BCUT2D eigenvalue weighted by molar-refractivity contribution is -0.384. The minimum Gasteiger partial charge on any atom is -0.410 e. The van der Waals surface area contributed by atoms with Crippen LogP contribution in [0.4, 0.5) is 15.3 Å². The second-order valence-electron chi connectivity index (χ2n) is 8.00. The highest BCUT2D eigenvalue weighted by Crippen LogP contribution is 2.29. The Morgan fingerprint density at radius 3 is 2.40 bits per heavy atom. The third-order valence-corrected chi connectivity index (χ3v) is 6.52. The lowest BCUT2D eigenvalue weighted by Crippen LogP contribution is -2.40. The molecule has 1 aliphatic carbocycles. The number of benzene rings is 2. The largest absolute Gasteiger partial charge is 0.412 e. The van der Waals surface area contributed by atoms with Gasteiger partial charge in [-0.15, -0.1) is 11.8 Å². The summed E-state index contributed by atoms with van der Waals surface area (Å²) in [5, 5.41) is 21.6. The number of hydrogen-bond acceptors (Lipinski definition) is 7. The Bertz CT molecular complexity index is 1020. The van der Waals surface area contributed by atoms with E-state index in [-0.39, 0.29) is 29.4 Å². The molecule has 35 heavy (non-hydrogen) atoms. The van der Waals surface area contributed by atoms with E-state index in [1.165, 1.54) is 24.3 Å². The number of non-ortho nitro benzene ring substituents is 1. The Kier molecular flexibility index (Phi) is 9.91. The normalized spacial score (nSPS) is 17.8. The second kappa shape index (κ2) is 13.3. The van der Waals surface area contributed by atoms with E-state index in [0.717, 1.165) is 42.0 Å². The zero-order chi connectivity index (χ0) is 25.0. The smallest absolute Gasteiger partial charge is 0.410 e. The summed E-state index contributed by atoms with van der Waals surface area (Å²) in [5.41, 5.74) is 3.54. The van der Waals surface area contributed by atoms with Crippen LogP contribution in [0.25, 0.3) is 0 Å². The molecule has 0 radical (unpaired) electrons. The number of carbonyl (C=O) groups is 2. The maximum absolute atomic E-state index is 12.2. The fraction of sp³-hybridized carbons (Fsp3) is 0.375. The van der Waals surface area contributed by atoms with Gasteiger partial charge in [0.1, 0.15) is 5.75 Å². The van der Waals surface area contributed by atoms with Crippen LogP contribution < -0.4 is 20.8 Å². The SMILES string of the molecule is CCS/C(=N\NC(=O)NCc1ccccc1)C1CCC(NC(=O)Oc2ccc([N+](=O)[O-])cc2)CC1. The van der Waals surface area contributed by atoms with Crippen LogP contribution in [0.1, 0.15) is 38.2 Å². The maximum atomic E-state index is 12.2. The van der Waals surface area contributed by atoms with Crippen molar-refractivity contribution in [3.63, 3.8) is 0 Å². The first-order valence-corrected chi connectivity index (χ1v) is 12.4. The number of rotatable bonds is 8. The Morgan fingerprint density at radius 2 is 1.77 bits per heavy atom. The third kappa shape index (κ3) is 8.60. The number of amides is 3. The van der Waals surface area contributed by atoms with E-state index in [9.17, 15) is 19.7 Å². The Labute approximate surface area is 208 Å². The standard InChI is InChI=1S/C24H29N5O5S/c1-2-35-22(27-28-23(30)25-16-17-6-4-3-5-7-17)18-8-10-19(11-9-18)26-24(31)34-21-14-12-20(13-15-21)29(32)33/h3-7,12-15,18-19H,2,8-11,16H2,1H3,(H,26,31)(H2,25,28,30)/b27-22-. The quantitative estimate of drug-likeness (QED) is 0.206. The zero-order valence-corrected chi connectivity index (χ0v) is 20.3. The second-order valence-corrected chi connectivity index (χ2v) is 9.28. The van der Waals surface area contributed by atoms with Gasteiger partial charge in [0, 0.05) is 30.6 Å². The molecular formula is C24H29N5O5S. The van der Waals surface area contributed by atoms with Gasteiger partial charge in [0.05, 0.1) is 9.97 Å². The van der Waals surface area contributed by atoms with Gasteiger partial charge in [-0.25, -0.2) is 15.0 Å². The Morgan fingerprint density at radius 1 is 1.09 bits per heavy atom. The molecule has 0 unspecified atom stereocenters. The molecule has 0 heterocycles. The molecule has 10 nitrogen and oxygen atoms in total. The molecule has 1 saturated carbocycles. The number of nitrogens with one attached hydrogen (secondary N) is 3. The van der Waals surface area contributed by atoms with Crippen LogP contribution in [0, 0.1) is 16.0 Å². The van der Waals surface area contributed by atoms with E-state index in [0.29, 0.717) is 6.54 Å². The average Bonchev–Trinajstić information content (AvgIpc) is 2.86. The monoisotopic (exact) mass is 499 g/mol. The molecule has 3 N–H and O–H groups in total. The summed E-state index contributed by atoms with van der Waals surface area (Å²) in [6.45, 7) is 2.46. The summed E-state index contributed by atoms with van der Waals surface area (Å²) < 4.78 is 5.23. The van der Waals surface area contributed by atoms with Crippen molar-refractivity contribution in [1.29, 1.82) is 0 Å². The van der Waals surface area contributed by atoms with Gasteiger partial charge in [-0.05, 0) is 49.1 Å². The van der Waals surface area contributed by atoms with Gasteiger partial charge < -0.3 is 15.4 Å². The summed E-state index contributed by atoms with van der Waals surface area (Å²) >= 11 is 1.61. The molecule has 1 aliphatic rings. The van der Waals surface area contributed by atoms with E-state index in [1.807, 2.05) is 37.3 Å². The van der Waals surface area contributed by atoms with E-state index in [2.05, 4.69) is 21.2 Å². The zero-order valence-electron chi connectivity index (χ0n) is 19.4. The van der Waals surface area contributed by atoms with Crippen molar-refractivity contribution in [3.05, 3.63) is 70.3 Å². The van der Waals surface area contributed by atoms with Gasteiger partial charge in [0.2, 0.25) is 0 Å². The highest BCUT2D eigenvalue weighted by Gasteiger charge is 2.26. The van der Waals surface area contributed by atoms with E-state index >= 15 is 0 Å². The minimum absolute atomic E-state index is 0.0354.